The van der Waals surface area contributed by atoms with E-state index in [4.69, 9.17) is 0 Å². The summed E-state index contributed by atoms with van der Waals surface area (Å²) >= 11 is 0. The molecule has 186 valence electrons. The number of aromatic nitrogens is 1. The quantitative estimate of drug-likeness (QED) is 0.661. The number of carbonyl (C=O) groups excluding carboxylic acids is 2. The molecule has 2 saturated heterocycles. The highest BCUT2D eigenvalue weighted by Gasteiger charge is 2.37. The Morgan fingerprint density at radius 1 is 0.879 bits per heavy atom. The minimum absolute atomic E-state index is 0.0622. The molecule has 0 bridgehead atoms. The lowest BCUT2D eigenvalue weighted by atomic mass is 10.1. The van der Waals surface area contributed by atoms with Crippen LogP contribution in [0.15, 0.2) is 18.5 Å². The Morgan fingerprint density at radius 2 is 1.42 bits per heavy atom. The zero-order valence-electron chi connectivity index (χ0n) is 19.9. The van der Waals surface area contributed by atoms with Gasteiger partial charge in [0, 0.05) is 64.8 Å². The van der Waals surface area contributed by atoms with Crippen molar-refractivity contribution in [3.8, 4) is 0 Å². The predicted octanol–water partition coefficient (Wildman–Crippen LogP) is 2.83. The van der Waals surface area contributed by atoms with Crippen LogP contribution in [0.4, 0.5) is 13.2 Å². The van der Waals surface area contributed by atoms with Crippen molar-refractivity contribution in [3.63, 3.8) is 0 Å². The molecule has 1 aromatic rings. The zero-order chi connectivity index (χ0) is 24.4. The van der Waals surface area contributed by atoms with Crippen LogP contribution in [0.2, 0.25) is 0 Å². The van der Waals surface area contributed by atoms with Crippen LogP contribution in [0.5, 0.6) is 0 Å². The van der Waals surface area contributed by atoms with Crippen LogP contribution in [-0.4, -0.2) is 102 Å². The van der Waals surface area contributed by atoms with Gasteiger partial charge in [-0.1, -0.05) is 33.6 Å². The Morgan fingerprint density at radius 3 is 1.94 bits per heavy atom. The summed E-state index contributed by atoms with van der Waals surface area (Å²) in [6, 6.07) is 0.820. The van der Waals surface area contributed by atoms with E-state index in [0.717, 1.165) is 38.1 Å². The van der Waals surface area contributed by atoms with Gasteiger partial charge in [0.1, 0.15) is 0 Å². The van der Waals surface area contributed by atoms with Gasteiger partial charge >= 0.3 is 6.18 Å². The van der Waals surface area contributed by atoms with Gasteiger partial charge in [-0.15, -0.1) is 0 Å². The molecule has 0 atom stereocenters. The number of nitrogens with zero attached hydrogens (tertiary/aromatic N) is 5. The molecule has 0 N–H and O–H groups in total. The number of hydrogen-bond donors (Lipinski definition) is 0. The zero-order valence-corrected chi connectivity index (χ0v) is 19.9. The van der Waals surface area contributed by atoms with Gasteiger partial charge in [0.2, 0.25) is 5.91 Å². The maximum atomic E-state index is 13.2. The summed E-state index contributed by atoms with van der Waals surface area (Å²) in [5, 5.41) is 0. The van der Waals surface area contributed by atoms with E-state index in [0.29, 0.717) is 26.2 Å². The number of piperazine rings is 2. The van der Waals surface area contributed by atoms with Crippen molar-refractivity contribution >= 4 is 11.8 Å². The summed E-state index contributed by atoms with van der Waals surface area (Å²) in [5.74, 6) is -0.612. The van der Waals surface area contributed by atoms with Gasteiger partial charge in [-0.05, 0) is 12.6 Å². The van der Waals surface area contributed by atoms with Crippen molar-refractivity contribution in [2.75, 3.05) is 65.4 Å². The number of hydrogen-bond acceptors (Lipinski definition) is 5. The molecule has 0 unspecified atom stereocenters. The van der Waals surface area contributed by atoms with Crippen LogP contribution in [-0.2, 0) is 11.0 Å². The molecule has 0 aromatic carbocycles. The first-order chi connectivity index (χ1) is 15.7. The smallest absolute Gasteiger partial charge is 0.339 e. The molecule has 2 amide bonds. The third-order valence-electron chi connectivity index (χ3n) is 6.05. The molecule has 2 fully saturated rings. The number of likely N-dealkylation sites (N-methyl/N-ethyl adjacent to an activating group) is 1. The number of rotatable bonds is 5. The standard InChI is InChI=1S/C19H26F3N5O2.C4H10/c1-2-24-5-9-26(10-6-24)17(28)14-25-7-11-27(12-8-25)18(29)15-13-23-4-3-16(15)19(20,21)22;1-3-4-2/h3-4,13H,2,5-12,14H2,1H3;3-4H2,1-2H3. The van der Waals surface area contributed by atoms with Gasteiger partial charge in [0.05, 0.1) is 17.7 Å². The molecule has 7 nitrogen and oxygen atoms in total. The third kappa shape index (κ3) is 7.96. The Hall–Kier alpha value is -2.20. The van der Waals surface area contributed by atoms with Gasteiger partial charge < -0.3 is 14.7 Å². The number of unbranched alkanes of at least 4 members (excludes halogenated alkanes) is 1. The molecule has 0 saturated carbocycles. The SMILES string of the molecule is CCCC.CCN1CCN(C(=O)CN2CCN(C(=O)c3cnccc3C(F)(F)F)CC2)CC1. The Bertz CT molecular complexity index is 757. The Labute approximate surface area is 194 Å². The number of halogens is 3. The van der Waals surface area contributed by atoms with E-state index >= 15 is 0 Å². The molecular formula is C23H36F3N5O2. The molecule has 33 heavy (non-hydrogen) atoms. The largest absolute Gasteiger partial charge is 0.417 e. The van der Waals surface area contributed by atoms with E-state index in [1.165, 1.54) is 17.7 Å². The fourth-order valence-corrected chi connectivity index (χ4v) is 3.70. The maximum absolute atomic E-state index is 13.2. The molecular weight excluding hydrogens is 435 g/mol. The van der Waals surface area contributed by atoms with E-state index in [2.05, 4.69) is 30.7 Å². The van der Waals surface area contributed by atoms with Crippen LogP contribution < -0.4 is 0 Å². The molecule has 10 heteroatoms. The molecule has 3 rings (SSSR count). The number of amides is 2. The molecule has 2 aliphatic rings. The highest BCUT2D eigenvalue weighted by atomic mass is 19.4. The lowest BCUT2D eigenvalue weighted by molar-refractivity contribution is -0.138. The van der Waals surface area contributed by atoms with Crippen molar-refractivity contribution in [2.24, 2.45) is 0 Å². The van der Waals surface area contributed by atoms with E-state index in [9.17, 15) is 22.8 Å². The average Bonchev–Trinajstić information content (AvgIpc) is 2.83. The molecule has 3 heterocycles. The summed E-state index contributed by atoms with van der Waals surface area (Å²) in [6.07, 6.45) is 0.0322. The highest BCUT2D eigenvalue weighted by molar-refractivity contribution is 5.95. The van der Waals surface area contributed by atoms with Crippen LogP contribution >= 0.6 is 0 Å². The number of carbonyl (C=O) groups is 2. The fourth-order valence-electron chi connectivity index (χ4n) is 3.70. The van der Waals surface area contributed by atoms with E-state index in [1.807, 2.05) is 9.80 Å². The summed E-state index contributed by atoms with van der Waals surface area (Å²) in [7, 11) is 0. The fraction of sp³-hybridized carbons (Fsp3) is 0.696. The topological polar surface area (TPSA) is 60.0 Å². The predicted molar refractivity (Wildman–Crippen MR) is 121 cm³/mol. The van der Waals surface area contributed by atoms with Gasteiger partial charge in [0.15, 0.2) is 0 Å². The van der Waals surface area contributed by atoms with Crippen LogP contribution in [0.3, 0.4) is 0 Å². The first-order valence-corrected chi connectivity index (χ1v) is 11.7. The second kappa shape index (κ2) is 12.9. The summed E-state index contributed by atoms with van der Waals surface area (Å²) in [4.78, 5) is 36.3. The van der Waals surface area contributed by atoms with Crippen LogP contribution in [0, 0.1) is 0 Å². The van der Waals surface area contributed by atoms with E-state index in [1.54, 1.807) is 0 Å². The second-order valence-electron chi connectivity index (χ2n) is 8.30. The summed E-state index contributed by atoms with van der Waals surface area (Å²) < 4.78 is 39.5. The average molecular weight is 472 g/mol. The molecule has 0 aliphatic carbocycles. The van der Waals surface area contributed by atoms with E-state index < -0.39 is 23.2 Å². The van der Waals surface area contributed by atoms with Crippen molar-refractivity contribution in [1.82, 2.24) is 24.6 Å². The van der Waals surface area contributed by atoms with Gasteiger partial charge in [-0.2, -0.15) is 13.2 Å². The second-order valence-corrected chi connectivity index (χ2v) is 8.30. The highest BCUT2D eigenvalue weighted by Crippen LogP contribution is 2.32. The third-order valence-corrected chi connectivity index (χ3v) is 6.05. The first kappa shape index (κ1) is 27.0. The number of alkyl halides is 3. The lowest BCUT2D eigenvalue weighted by Crippen LogP contribution is -2.54. The lowest BCUT2D eigenvalue weighted by Gasteiger charge is -2.37. The van der Waals surface area contributed by atoms with Gasteiger partial charge in [-0.25, -0.2) is 0 Å². The Kier molecular flexibility index (Phi) is 10.6. The minimum Gasteiger partial charge on any atom is -0.339 e. The Balaban J connectivity index is 0.000000890. The van der Waals surface area contributed by atoms with Gasteiger partial charge in [-0.3, -0.25) is 19.5 Å². The molecule has 0 spiro atoms. The van der Waals surface area contributed by atoms with Crippen LogP contribution in [0.1, 0.15) is 49.5 Å². The van der Waals surface area contributed by atoms with Crippen molar-refractivity contribution in [2.45, 2.75) is 39.8 Å². The van der Waals surface area contributed by atoms with Gasteiger partial charge in [0.25, 0.3) is 5.91 Å². The summed E-state index contributed by atoms with van der Waals surface area (Å²) in [6.45, 7) is 12.3. The molecule has 0 radical (unpaired) electrons. The minimum atomic E-state index is -4.61. The van der Waals surface area contributed by atoms with Crippen molar-refractivity contribution in [3.05, 3.63) is 29.6 Å². The van der Waals surface area contributed by atoms with Crippen LogP contribution in [0.25, 0.3) is 0 Å². The maximum Gasteiger partial charge on any atom is 0.417 e. The molecule has 2 aliphatic heterocycles. The summed E-state index contributed by atoms with van der Waals surface area (Å²) in [5.41, 5.74) is -1.40. The van der Waals surface area contributed by atoms with E-state index in [-0.39, 0.29) is 25.5 Å². The monoisotopic (exact) mass is 471 g/mol. The number of pyridine rings is 1. The van der Waals surface area contributed by atoms with Crippen molar-refractivity contribution < 1.29 is 22.8 Å². The molecule has 1 aromatic heterocycles. The normalized spacial score (nSPS) is 18.0. The first-order valence-electron chi connectivity index (χ1n) is 11.7. The van der Waals surface area contributed by atoms with Crippen molar-refractivity contribution in [1.29, 1.82) is 0 Å².